The van der Waals surface area contributed by atoms with Crippen LogP contribution in [0, 0.1) is 11.2 Å². The largest absolute Gasteiger partial charge is 0.598 e. The van der Waals surface area contributed by atoms with E-state index in [0.29, 0.717) is 0 Å². The fourth-order valence-corrected chi connectivity index (χ4v) is 4.79. The Morgan fingerprint density at radius 1 is 0.944 bits per heavy atom. The summed E-state index contributed by atoms with van der Waals surface area (Å²) in [6, 6.07) is 5.51. The highest BCUT2D eigenvalue weighted by molar-refractivity contribution is 7.90. The molecule has 0 saturated carbocycles. The number of hydrogen-bond acceptors (Lipinski definition) is 2. The Hall–Kier alpha value is -2.17. The van der Waals surface area contributed by atoms with Gasteiger partial charge in [-0.3, -0.25) is 0 Å². The monoisotopic (exact) mass is 532 g/mol. The van der Waals surface area contributed by atoms with E-state index >= 15 is 4.39 Å². The maximum Gasteiger partial charge on any atom is 0.417 e. The number of halogens is 6. The molecular formula is C26H30F6N2OS. The van der Waals surface area contributed by atoms with Crippen molar-refractivity contribution in [2.45, 2.75) is 71.5 Å². The topological polar surface area (TPSA) is 40.0 Å². The molecule has 2 atom stereocenters. The Labute approximate surface area is 210 Å². The third-order valence-corrected chi connectivity index (χ3v) is 7.13. The summed E-state index contributed by atoms with van der Waals surface area (Å²) in [6.07, 6.45) is -6.31. The van der Waals surface area contributed by atoms with Gasteiger partial charge in [0.05, 0.1) is 11.1 Å². The summed E-state index contributed by atoms with van der Waals surface area (Å²) in [7, 11) is 0. The van der Waals surface area contributed by atoms with Gasteiger partial charge in [0.2, 0.25) is 0 Å². The first-order valence-electron chi connectivity index (χ1n) is 11.4. The van der Waals surface area contributed by atoms with E-state index in [1.165, 1.54) is 41.1 Å². The zero-order valence-corrected chi connectivity index (χ0v) is 21.8. The van der Waals surface area contributed by atoms with Crippen LogP contribution < -0.4 is 4.72 Å². The number of fused-ring (bicyclic) bond motifs is 1. The molecule has 36 heavy (non-hydrogen) atoms. The van der Waals surface area contributed by atoms with Crippen molar-refractivity contribution in [1.82, 2.24) is 9.29 Å². The molecule has 3 rings (SSSR count). The van der Waals surface area contributed by atoms with Crippen LogP contribution in [0.15, 0.2) is 42.6 Å². The average molecular weight is 533 g/mol. The van der Waals surface area contributed by atoms with Crippen molar-refractivity contribution in [1.29, 1.82) is 0 Å². The maximum absolute atomic E-state index is 16.0. The Bertz CT molecular complexity index is 1220. The van der Waals surface area contributed by atoms with Gasteiger partial charge >= 0.3 is 6.18 Å². The van der Waals surface area contributed by atoms with Crippen LogP contribution in [0.3, 0.4) is 0 Å². The molecule has 3 nitrogen and oxygen atoms in total. The van der Waals surface area contributed by atoms with Gasteiger partial charge in [-0.05, 0) is 37.8 Å². The molecule has 0 saturated heterocycles. The third-order valence-electron chi connectivity index (χ3n) is 5.55. The van der Waals surface area contributed by atoms with Crippen LogP contribution in [0.25, 0.3) is 22.0 Å². The quantitative estimate of drug-likeness (QED) is 0.259. The Balaban J connectivity index is 2.29. The molecule has 3 aromatic rings. The highest BCUT2D eigenvalue weighted by atomic mass is 32.2. The summed E-state index contributed by atoms with van der Waals surface area (Å²) in [6.45, 7) is 10.7. The van der Waals surface area contributed by atoms with E-state index in [-0.39, 0.29) is 34.1 Å². The van der Waals surface area contributed by atoms with Crippen molar-refractivity contribution in [3.63, 3.8) is 0 Å². The van der Waals surface area contributed by atoms with Gasteiger partial charge in [0.25, 0.3) is 6.43 Å². The molecule has 2 aromatic carbocycles. The molecule has 198 valence electrons. The van der Waals surface area contributed by atoms with Gasteiger partial charge in [-0.15, -0.1) is 4.72 Å². The lowest BCUT2D eigenvalue weighted by Gasteiger charge is -2.27. The molecule has 10 heteroatoms. The Morgan fingerprint density at radius 2 is 1.56 bits per heavy atom. The number of rotatable bonds is 6. The molecule has 0 radical (unpaired) electrons. The Kier molecular flexibility index (Phi) is 7.85. The number of alkyl halides is 5. The van der Waals surface area contributed by atoms with E-state index < -0.39 is 51.5 Å². The summed E-state index contributed by atoms with van der Waals surface area (Å²) in [5, 5.41) is 0.119. The molecule has 0 amide bonds. The molecule has 1 unspecified atom stereocenters. The lowest BCUT2D eigenvalue weighted by molar-refractivity contribution is -0.137. The first kappa shape index (κ1) is 28.4. The molecule has 0 aliphatic heterocycles. The zero-order valence-electron chi connectivity index (χ0n) is 20.9. The zero-order chi connectivity index (χ0) is 27.2. The predicted molar refractivity (Wildman–Crippen MR) is 132 cm³/mol. The minimum absolute atomic E-state index is 0.0245. The summed E-state index contributed by atoms with van der Waals surface area (Å²) in [4.78, 5) is 0. The summed E-state index contributed by atoms with van der Waals surface area (Å²) >= 11 is -1.85. The van der Waals surface area contributed by atoms with E-state index in [4.69, 9.17) is 0 Å². The highest BCUT2D eigenvalue weighted by Crippen LogP contribution is 2.41. The normalized spacial score (nSPS) is 15.1. The second-order valence-electron chi connectivity index (χ2n) is 11.0. The molecule has 0 aliphatic rings. The molecule has 1 aromatic heterocycles. The van der Waals surface area contributed by atoms with E-state index in [1.807, 2.05) is 20.8 Å². The number of hydrogen-bond donors (Lipinski definition) is 1. The first-order chi connectivity index (χ1) is 16.4. The second kappa shape index (κ2) is 9.95. The fraction of sp³-hybridized carbons (Fsp3) is 0.462. The van der Waals surface area contributed by atoms with Crippen molar-refractivity contribution in [3.8, 4) is 11.1 Å². The first-order valence-corrected chi connectivity index (χ1v) is 12.5. The van der Waals surface area contributed by atoms with E-state index in [9.17, 15) is 26.5 Å². The molecule has 0 aliphatic carbocycles. The lowest BCUT2D eigenvalue weighted by atomic mass is 9.95. The van der Waals surface area contributed by atoms with Crippen LogP contribution in [0.5, 0.6) is 0 Å². The minimum Gasteiger partial charge on any atom is -0.598 e. The molecule has 1 N–H and O–H groups in total. The van der Waals surface area contributed by atoms with Crippen molar-refractivity contribution in [2.75, 3.05) is 0 Å². The fourth-order valence-electron chi connectivity index (χ4n) is 3.98. The van der Waals surface area contributed by atoms with Gasteiger partial charge in [-0.1, -0.05) is 51.1 Å². The van der Waals surface area contributed by atoms with Crippen LogP contribution in [-0.4, -0.2) is 20.3 Å². The van der Waals surface area contributed by atoms with Gasteiger partial charge in [0, 0.05) is 40.6 Å². The van der Waals surface area contributed by atoms with Gasteiger partial charge < -0.3 is 9.12 Å². The summed E-state index contributed by atoms with van der Waals surface area (Å²) in [5.74, 6) is -0.940. The summed E-state index contributed by atoms with van der Waals surface area (Å²) in [5.41, 5.74) is -2.08. The molecular weight excluding hydrogens is 502 g/mol. The van der Waals surface area contributed by atoms with E-state index in [2.05, 4.69) is 4.72 Å². The molecule has 0 fully saturated rings. The number of nitrogens with zero attached hydrogens (tertiary/aromatic N) is 1. The molecule has 0 bridgehead atoms. The molecule has 0 spiro atoms. The standard InChI is InChI=1S/C26H30F6N2OS/c1-24(2,3)14-34-13-18(21(23(28)29)33-36(35)25(4,5)6)17-12-11-16(20(27)22(17)34)15-9-7-8-10-19(15)26(30,31)32/h7-13,21,23,33H,14H2,1-6H3/t21-,36?/m0/s1. The van der Waals surface area contributed by atoms with Crippen LogP contribution in [-0.2, 0) is 24.1 Å². The van der Waals surface area contributed by atoms with Crippen molar-refractivity contribution >= 4 is 22.3 Å². The second-order valence-corrected chi connectivity index (χ2v) is 12.9. The average Bonchev–Trinajstić information content (AvgIpc) is 3.07. The predicted octanol–water partition coefficient (Wildman–Crippen LogP) is 7.87. The number of nitrogens with one attached hydrogen (secondary N) is 1. The minimum atomic E-state index is -4.71. The Morgan fingerprint density at radius 3 is 2.08 bits per heavy atom. The SMILES string of the molecule is CC(C)(C)Cn1cc([C@H](N[S+]([O-])C(C)(C)C)C(F)F)c2ccc(-c3ccccc3C(F)(F)F)c(F)c21. The third kappa shape index (κ3) is 6.03. The van der Waals surface area contributed by atoms with Crippen LogP contribution in [0.2, 0.25) is 0 Å². The van der Waals surface area contributed by atoms with Crippen LogP contribution >= 0.6 is 0 Å². The lowest BCUT2D eigenvalue weighted by Crippen LogP contribution is -2.43. The van der Waals surface area contributed by atoms with Gasteiger partial charge in [-0.25, -0.2) is 13.2 Å². The highest BCUT2D eigenvalue weighted by Gasteiger charge is 2.37. The van der Waals surface area contributed by atoms with Crippen molar-refractivity contribution in [3.05, 3.63) is 59.5 Å². The van der Waals surface area contributed by atoms with E-state index in [0.717, 1.165) is 6.07 Å². The number of benzene rings is 2. The van der Waals surface area contributed by atoms with E-state index in [1.54, 1.807) is 20.8 Å². The smallest absolute Gasteiger partial charge is 0.417 e. The van der Waals surface area contributed by atoms with Crippen LogP contribution in [0.1, 0.15) is 58.7 Å². The van der Waals surface area contributed by atoms with Gasteiger partial charge in [0.1, 0.15) is 10.8 Å². The summed E-state index contributed by atoms with van der Waals surface area (Å²) < 4.78 is 101. The van der Waals surface area contributed by atoms with Gasteiger partial charge in [-0.2, -0.15) is 13.2 Å². The van der Waals surface area contributed by atoms with Crippen molar-refractivity contribution in [2.24, 2.45) is 5.41 Å². The maximum atomic E-state index is 16.0. The number of aromatic nitrogens is 1. The van der Waals surface area contributed by atoms with Gasteiger partial charge in [0.15, 0.2) is 5.82 Å². The van der Waals surface area contributed by atoms with Crippen molar-refractivity contribution < 1.29 is 30.9 Å². The van der Waals surface area contributed by atoms with Crippen LogP contribution in [0.4, 0.5) is 26.3 Å². The molecule has 1 heterocycles.